The normalized spacial score (nSPS) is 35.2. The Labute approximate surface area is 74.5 Å². The van der Waals surface area contributed by atoms with Gasteiger partial charge in [-0.2, -0.15) is 0 Å². The summed E-state index contributed by atoms with van der Waals surface area (Å²) in [5, 5.41) is 0. The summed E-state index contributed by atoms with van der Waals surface area (Å²) in [4.78, 5) is 0. The van der Waals surface area contributed by atoms with Crippen LogP contribution in [-0.4, -0.2) is 19.3 Å². The summed E-state index contributed by atoms with van der Waals surface area (Å²) in [5.41, 5.74) is 6.54. The Balaban J connectivity index is 2.04. The summed E-state index contributed by atoms with van der Waals surface area (Å²) < 4.78 is 5.55. The molecule has 0 radical (unpaired) electrons. The molecule has 1 saturated carbocycles. The first-order valence-electron chi connectivity index (χ1n) is 5.17. The van der Waals surface area contributed by atoms with E-state index in [1.165, 1.54) is 32.1 Å². The summed E-state index contributed by atoms with van der Waals surface area (Å²) in [6.07, 6.45) is 7.78. The lowest BCUT2D eigenvalue weighted by atomic mass is 9.68. The minimum absolute atomic E-state index is 0.372. The van der Waals surface area contributed by atoms with Gasteiger partial charge in [0.1, 0.15) is 0 Å². The van der Waals surface area contributed by atoms with Crippen LogP contribution in [0.25, 0.3) is 0 Å². The van der Waals surface area contributed by atoms with Gasteiger partial charge in [-0.15, -0.1) is 0 Å². The Morgan fingerprint density at radius 2 is 1.92 bits per heavy atom. The third-order valence-corrected chi connectivity index (χ3v) is 3.60. The van der Waals surface area contributed by atoms with Crippen LogP contribution in [-0.2, 0) is 4.74 Å². The Morgan fingerprint density at radius 1 is 1.17 bits per heavy atom. The zero-order valence-electron chi connectivity index (χ0n) is 7.72. The van der Waals surface area contributed by atoms with Crippen LogP contribution >= 0.6 is 0 Å². The standard InChI is InChI=1S/C10H19NO/c11-9-4-7-12-8-10(9)5-2-1-3-6-10/h9H,1-8,11H2. The monoisotopic (exact) mass is 169 g/mol. The fourth-order valence-corrected chi connectivity index (χ4v) is 2.67. The van der Waals surface area contributed by atoms with Gasteiger partial charge in [-0.1, -0.05) is 19.3 Å². The second-order valence-corrected chi connectivity index (χ2v) is 4.37. The topological polar surface area (TPSA) is 35.2 Å². The molecule has 1 atom stereocenters. The van der Waals surface area contributed by atoms with E-state index in [1.807, 2.05) is 0 Å². The highest BCUT2D eigenvalue weighted by Crippen LogP contribution is 2.41. The highest BCUT2D eigenvalue weighted by molar-refractivity contribution is 4.93. The van der Waals surface area contributed by atoms with E-state index in [1.54, 1.807) is 0 Å². The predicted molar refractivity (Wildman–Crippen MR) is 48.9 cm³/mol. The molecule has 0 bridgehead atoms. The number of hydrogen-bond acceptors (Lipinski definition) is 2. The van der Waals surface area contributed by atoms with E-state index in [0.29, 0.717) is 11.5 Å². The molecule has 2 fully saturated rings. The van der Waals surface area contributed by atoms with E-state index < -0.39 is 0 Å². The van der Waals surface area contributed by atoms with Gasteiger partial charge in [0.25, 0.3) is 0 Å². The SMILES string of the molecule is NC1CCOCC12CCCCC2. The summed E-state index contributed by atoms with van der Waals surface area (Å²) >= 11 is 0. The molecule has 1 heterocycles. The first-order valence-corrected chi connectivity index (χ1v) is 5.17. The lowest BCUT2D eigenvalue weighted by Crippen LogP contribution is -2.50. The predicted octanol–water partition coefficient (Wildman–Crippen LogP) is 1.68. The zero-order valence-corrected chi connectivity index (χ0v) is 7.72. The van der Waals surface area contributed by atoms with Gasteiger partial charge in [-0.25, -0.2) is 0 Å². The van der Waals surface area contributed by atoms with Crippen molar-refractivity contribution in [1.29, 1.82) is 0 Å². The Kier molecular flexibility index (Phi) is 2.37. The maximum absolute atomic E-state index is 6.16. The lowest BCUT2D eigenvalue weighted by Gasteiger charge is -2.44. The quantitative estimate of drug-likeness (QED) is 0.599. The van der Waals surface area contributed by atoms with Crippen LogP contribution in [0.4, 0.5) is 0 Å². The molecule has 0 aromatic heterocycles. The molecule has 1 saturated heterocycles. The summed E-state index contributed by atoms with van der Waals surface area (Å²) in [6.45, 7) is 1.80. The smallest absolute Gasteiger partial charge is 0.0537 e. The van der Waals surface area contributed by atoms with Gasteiger partial charge in [0.15, 0.2) is 0 Å². The average Bonchev–Trinajstić information content (AvgIpc) is 2.12. The Hall–Kier alpha value is -0.0800. The van der Waals surface area contributed by atoms with Crippen LogP contribution in [0.3, 0.4) is 0 Å². The van der Waals surface area contributed by atoms with Gasteiger partial charge in [0.05, 0.1) is 6.61 Å². The van der Waals surface area contributed by atoms with E-state index in [9.17, 15) is 0 Å². The van der Waals surface area contributed by atoms with Crippen molar-refractivity contribution in [2.24, 2.45) is 11.1 Å². The van der Waals surface area contributed by atoms with Crippen LogP contribution in [0.1, 0.15) is 38.5 Å². The van der Waals surface area contributed by atoms with E-state index in [-0.39, 0.29) is 0 Å². The molecule has 2 heteroatoms. The van der Waals surface area contributed by atoms with Crippen molar-refractivity contribution in [1.82, 2.24) is 0 Å². The van der Waals surface area contributed by atoms with Crippen LogP contribution in [0.5, 0.6) is 0 Å². The molecule has 2 N–H and O–H groups in total. The number of ether oxygens (including phenoxy) is 1. The number of rotatable bonds is 0. The van der Waals surface area contributed by atoms with E-state index in [4.69, 9.17) is 10.5 Å². The van der Waals surface area contributed by atoms with E-state index >= 15 is 0 Å². The van der Waals surface area contributed by atoms with Crippen molar-refractivity contribution in [3.63, 3.8) is 0 Å². The highest BCUT2D eigenvalue weighted by atomic mass is 16.5. The first kappa shape index (κ1) is 8.52. The van der Waals surface area contributed by atoms with Crippen molar-refractivity contribution in [3.05, 3.63) is 0 Å². The molecule has 1 spiro atoms. The minimum atomic E-state index is 0.372. The molecule has 1 aliphatic carbocycles. The van der Waals surface area contributed by atoms with Crippen molar-refractivity contribution >= 4 is 0 Å². The van der Waals surface area contributed by atoms with Gasteiger partial charge in [-0.3, -0.25) is 0 Å². The lowest BCUT2D eigenvalue weighted by molar-refractivity contribution is -0.0427. The second kappa shape index (κ2) is 3.35. The molecule has 0 aromatic carbocycles. The van der Waals surface area contributed by atoms with Crippen molar-refractivity contribution < 1.29 is 4.74 Å². The van der Waals surface area contributed by atoms with Crippen LogP contribution in [0.15, 0.2) is 0 Å². The van der Waals surface area contributed by atoms with Gasteiger partial charge >= 0.3 is 0 Å². The van der Waals surface area contributed by atoms with E-state index in [2.05, 4.69) is 0 Å². The van der Waals surface area contributed by atoms with Gasteiger partial charge in [-0.05, 0) is 19.3 Å². The largest absolute Gasteiger partial charge is 0.381 e. The molecule has 0 amide bonds. The first-order chi connectivity index (χ1) is 5.83. The average molecular weight is 169 g/mol. The van der Waals surface area contributed by atoms with Crippen LogP contribution in [0.2, 0.25) is 0 Å². The Morgan fingerprint density at radius 3 is 2.58 bits per heavy atom. The summed E-state index contributed by atoms with van der Waals surface area (Å²) in [7, 11) is 0. The molecular formula is C10H19NO. The fourth-order valence-electron chi connectivity index (χ4n) is 2.67. The highest BCUT2D eigenvalue weighted by Gasteiger charge is 2.40. The molecule has 2 aliphatic rings. The van der Waals surface area contributed by atoms with Crippen LogP contribution in [0, 0.1) is 5.41 Å². The van der Waals surface area contributed by atoms with Gasteiger partial charge < -0.3 is 10.5 Å². The molecule has 1 aliphatic heterocycles. The molecular weight excluding hydrogens is 150 g/mol. The summed E-state index contributed by atoms with van der Waals surface area (Å²) in [6, 6.07) is 0.409. The molecule has 70 valence electrons. The third-order valence-electron chi connectivity index (χ3n) is 3.60. The molecule has 0 aromatic rings. The zero-order chi connectivity index (χ0) is 8.44. The van der Waals surface area contributed by atoms with E-state index in [0.717, 1.165) is 19.6 Å². The maximum Gasteiger partial charge on any atom is 0.0537 e. The van der Waals surface area contributed by atoms with Crippen LogP contribution < -0.4 is 5.73 Å². The van der Waals surface area contributed by atoms with Crippen molar-refractivity contribution in [3.8, 4) is 0 Å². The van der Waals surface area contributed by atoms with Gasteiger partial charge in [0, 0.05) is 18.1 Å². The third kappa shape index (κ3) is 1.38. The molecule has 12 heavy (non-hydrogen) atoms. The molecule has 2 rings (SSSR count). The minimum Gasteiger partial charge on any atom is -0.381 e. The molecule has 1 unspecified atom stereocenters. The Bertz CT molecular complexity index is 144. The second-order valence-electron chi connectivity index (χ2n) is 4.37. The van der Waals surface area contributed by atoms with Crippen molar-refractivity contribution in [2.45, 2.75) is 44.6 Å². The maximum atomic E-state index is 6.16. The number of nitrogens with two attached hydrogens (primary N) is 1. The molecule has 2 nitrogen and oxygen atoms in total. The summed E-state index contributed by atoms with van der Waals surface area (Å²) in [5.74, 6) is 0. The fraction of sp³-hybridized carbons (Fsp3) is 1.00. The van der Waals surface area contributed by atoms with Crippen molar-refractivity contribution in [2.75, 3.05) is 13.2 Å². The number of hydrogen-bond donors (Lipinski definition) is 1. The van der Waals surface area contributed by atoms with Gasteiger partial charge in [0.2, 0.25) is 0 Å².